The molecule has 0 fully saturated rings. The Morgan fingerprint density at radius 2 is 2.00 bits per heavy atom. The molecule has 0 aliphatic heterocycles. The molecular weight excluding hydrogens is 234 g/mol. The zero-order valence-electron chi connectivity index (χ0n) is 11.1. The van der Waals surface area contributed by atoms with Crippen LogP contribution in [0, 0.1) is 5.92 Å². The summed E-state index contributed by atoms with van der Waals surface area (Å²) in [4.78, 5) is 8.37. The predicted molar refractivity (Wildman–Crippen MR) is 73.6 cm³/mol. The SMILES string of the molecule is CCCc1c(Cl)ncnc1NC(CC)C(C)C. The smallest absolute Gasteiger partial charge is 0.137 e. The van der Waals surface area contributed by atoms with E-state index in [0.29, 0.717) is 17.1 Å². The number of aromatic nitrogens is 2. The number of nitrogens with one attached hydrogen (secondary N) is 1. The Kier molecular flexibility index (Phi) is 5.69. The van der Waals surface area contributed by atoms with Gasteiger partial charge in [0.2, 0.25) is 0 Å². The number of hydrogen-bond donors (Lipinski definition) is 1. The molecule has 0 aromatic carbocycles. The molecule has 4 heteroatoms. The van der Waals surface area contributed by atoms with Gasteiger partial charge in [-0.05, 0) is 18.8 Å². The van der Waals surface area contributed by atoms with Gasteiger partial charge in [0, 0.05) is 11.6 Å². The van der Waals surface area contributed by atoms with Crippen LogP contribution in [-0.4, -0.2) is 16.0 Å². The van der Waals surface area contributed by atoms with E-state index in [9.17, 15) is 0 Å². The molecule has 0 aliphatic carbocycles. The first-order valence-electron chi connectivity index (χ1n) is 6.36. The van der Waals surface area contributed by atoms with Crippen LogP contribution in [0.1, 0.15) is 46.1 Å². The molecule has 1 aromatic rings. The van der Waals surface area contributed by atoms with Crippen LogP contribution in [0.4, 0.5) is 5.82 Å². The number of anilines is 1. The Bertz CT molecular complexity index is 353. The van der Waals surface area contributed by atoms with Crippen molar-refractivity contribution >= 4 is 17.4 Å². The maximum Gasteiger partial charge on any atom is 0.137 e. The summed E-state index contributed by atoms with van der Waals surface area (Å²) in [6.45, 7) is 8.74. The lowest BCUT2D eigenvalue weighted by Gasteiger charge is -2.22. The van der Waals surface area contributed by atoms with E-state index in [1.165, 1.54) is 6.33 Å². The summed E-state index contributed by atoms with van der Waals surface area (Å²) >= 11 is 6.12. The zero-order valence-corrected chi connectivity index (χ0v) is 11.9. The lowest BCUT2D eigenvalue weighted by atomic mass is 10.0. The topological polar surface area (TPSA) is 37.8 Å². The average Bonchev–Trinajstić information content (AvgIpc) is 2.29. The van der Waals surface area contributed by atoms with Crippen molar-refractivity contribution in [2.45, 2.75) is 53.0 Å². The second-order valence-electron chi connectivity index (χ2n) is 4.64. The van der Waals surface area contributed by atoms with E-state index >= 15 is 0 Å². The third kappa shape index (κ3) is 3.84. The predicted octanol–water partition coefficient (Wildman–Crippen LogP) is 3.93. The first-order chi connectivity index (χ1) is 8.10. The zero-order chi connectivity index (χ0) is 12.8. The van der Waals surface area contributed by atoms with Crippen molar-refractivity contribution in [3.05, 3.63) is 17.0 Å². The quantitative estimate of drug-likeness (QED) is 0.783. The molecule has 1 atom stereocenters. The highest BCUT2D eigenvalue weighted by Crippen LogP contribution is 2.23. The van der Waals surface area contributed by atoms with Gasteiger partial charge in [-0.1, -0.05) is 45.7 Å². The molecule has 0 amide bonds. The Labute approximate surface area is 109 Å². The molecule has 0 saturated heterocycles. The average molecular weight is 256 g/mol. The van der Waals surface area contributed by atoms with Crippen LogP contribution < -0.4 is 5.32 Å². The van der Waals surface area contributed by atoms with Gasteiger partial charge in [-0.25, -0.2) is 9.97 Å². The Morgan fingerprint density at radius 3 is 2.53 bits per heavy atom. The molecule has 1 N–H and O–H groups in total. The molecule has 1 heterocycles. The summed E-state index contributed by atoms with van der Waals surface area (Å²) in [5.74, 6) is 1.47. The largest absolute Gasteiger partial charge is 0.367 e. The molecule has 0 radical (unpaired) electrons. The van der Waals surface area contributed by atoms with Crippen molar-refractivity contribution in [3.63, 3.8) is 0 Å². The van der Waals surface area contributed by atoms with Crippen LogP contribution in [0.3, 0.4) is 0 Å². The highest BCUT2D eigenvalue weighted by Gasteiger charge is 2.15. The van der Waals surface area contributed by atoms with Gasteiger partial charge < -0.3 is 5.32 Å². The Hall–Kier alpha value is -0.830. The van der Waals surface area contributed by atoms with E-state index in [-0.39, 0.29) is 0 Å². The van der Waals surface area contributed by atoms with Crippen LogP contribution in [0.5, 0.6) is 0 Å². The van der Waals surface area contributed by atoms with Gasteiger partial charge in [0.15, 0.2) is 0 Å². The summed E-state index contributed by atoms with van der Waals surface area (Å²) in [5, 5.41) is 4.06. The normalized spacial score (nSPS) is 12.8. The van der Waals surface area contributed by atoms with Crippen molar-refractivity contribution in [3.8, 4) is 0 Å². The summed E-state index contributed by atoms with van der Waals surface area (Å²) < 4.78 is 0. The van der Waals surface area contributed by atoms with E-state index in [1.807, 2.05) is 0 Å². The number of rotatable bonds is 6. The third-order valence-corrected chi connectivity index (χ3v) is 3.29. The highest BCUT2D eigenvalue weighted by molar-refractivity contribution is 6.30. The standard InChI is InChI=1S/C13H22ClN3/c1-5-7-10-12(14)15-8-16-13(10)17-11(6-2)9(3)4/h8-9,11H,5-7H2,1-4H3,(H,15,16,17). The van der Waals surface area contributed by atoms with Gasteiger partial charge >= 0.3 is 0 Å². The first kappa shape index (κ1) is 14.2. The Morgan fingerprint density at radius 1 is 1.29 bits per heavy atom. The van der Waals surface area contributed by atoms with E-state index in [1.54, 1.807) is 0 Å². The molecule has 0 spiro atoms. The van der Waals surface area contributed by atoms with Gasteiger partial charge in [-0.3, -0.25) is 0 Å². The second-order valence-corrected chi connectivity index (χ2v) is 5.00. The summed E-state index contributed by atoms with van der Waals surface area (Å²) in [7, 11) is 0. The van der Waals surface area contributed by atoms with Crippen LogP contribution in [-0.2, 0) is 6.42 Å². The minimum atomic E-state index is 0.427. The molecule has 1 unspecified atom stereocenters. The second kappa shape index (κ2) is 6.80. The molecular formula is C13H22ClN3. The van der Waals surface area contributed by atoms with Crippen LogP contribution in [0.15, 0.2) is 6.33 Å². The van der Waals surface area contributed by atoms with Crippen molar-refractivity contribution in [1.29, 1.82) is 0 Å². The lowest BCUT2D eigenvalue weighted by molar-refractivity contribution is 0.509. The van der Waals surface area contributed by atoms with Gasteiger partial charge in [0.1, 0.15) is 17.3 Å². The third-order valence-electron chi connectivity index (χ3n) is 2.96. The minimum Gasteiger partial charge on any atom is -0.367 e. The van der Waals surface area contributed by atoms with E-state index in [2.05, 4.69) is 43.0 Å². The van der Waals surface area contributed by atoms with E-state index in [4.69, 9.17) is 11.6 Å². The maximum absolute atomic E-state index is 6.12. The van der Waals surface area contributed by atoms with Crippen molar-refractivity contribution in [2.24, 2.45) is 5.92 Å². The maximum atomic E-state index is 6.12. The molecule has 96 valence electrons. The highest BCUT2D eigenvalue weighted by atomic mass is 35.5. The number of halogens is 1. The fourth-order valence-electron chi connectivity index (χ4n) is 1.90. The molecule has 0 aliphatic rings. The first-order valence-corrected chi connectivity index (χ1v) is 6.73. The molecule has 0 bridgehead atoms. The number of hydrogen-bond acceptors (Lipinski definition) is 3. The van der Waals surface area contributed by atoms with Gasteiger partial charge in [-0.15, -0.1) is 0 Å². The molecule has 1 aromatic heterocycles. The lowest BCUT2D eigenvalue weighted by Crippen LogP contribution is -2.26. The van der Waals surface area contributed by atoms with E-state index < -0.39 is 0 Å². The fourth-order valence-corrected chi connectivity index (χ4v) is 2.13. The number of nitrogens with zero attached hydrogens (tertiary/aromatic N) is 2. The minimum absolute atomic E-state index is 0.427. The van der Waals surface area contributed by atoms with Crippen molar-refractivity contribution < 1.29 is 0 Å². The van der Waals surface area contributed by atoms with Crippen molar-refractivity contribution in [2.75, 3.05) is 5.32 Å². The van der Waals surface area contributed by atoms with Crippen molar-refractivity contribution in [1.82, 2.24) is 9.97 Å². The van der Waals surface area contributed by atoms with Crippen LogP contribution in [0.25, 0.3) is 0 Å². The summed E-state index contributed by atoms with van der Waals surface area (Å²) in [5.41, 5.74) is 1.04. The Balaban J connectivity index is 2.92. The fraction of sp³-hybridized carbons (Fsp3) is 0.692. The van der Waals surface area contributed by atoms with Crippen LogP contribution >= 0.6 is 11.6 Å². The summed E-state index contributed by atoms with van der Waals surface area (Å²) in [6.07, 6.45) is 4.55. The van der Waals surface area contributed by atoms with E-state index in [0.717, 1.165) is 30.6 Å². The molecule has 0 saturated carbocycles. The molecule has 17 heavy (non-hydrogen) atoms. The van der Waals surface area contributed by atoms with Gasteiger partial charge in [0.05, 0.1) is 0 Å². The van der Waals surface area contributed by atoms with Gasteiger partial charge in [-0.2, -0.15) is 0 Å². The monoisotopic (exact) mass is 255 g/mol. The van der Waals surface area contributed by atoms with Gasteiger partial charge in [0.25, 0.3) is 0 Å². The van der Waals surface area contributed by atoms with Crippen LogP contribution in [0.2, 0.25) is 5.15 Å². The molecule has 3 nitrogen and oxygen atoms in total. The summed E-state index contributed by atoms with van der Waals surface area (Å²) in [6, 6.07) is 0.427. The molecule has 1 rings (SSSR count).